The summed E-state index contributed by atoms with van der Waals surface area (Å²) in [5, 5.41) is 0. The van der Waals surface area contributed by atoms with Gasteiger partial charge in [0.15, 0.2) is 0 Å². The Bertz CT molecular complexity index is 501. The van der Waals surface area contributed by atoms with Crippen molar-refractivity contribution in [3.8, 4) is 5.75 Å². The van der Waals surface area contributed by atoms with E-state index in [9.17, 15) is 8.76 Å². The molecule has 3 nitrogen and oxygen atoms in total. The van der Waals surface area contributed by atoms with E-state index in [1.807, 2.05) is 12.1 Å². The summed E-state index contributed by atoms with van der Waals surface area (Å²) in [7, 11) is 0. The maximum absolute atomic E-state index is 10.5. The number of rotatable bonds is 20. The topological polar surface area (TPSA) is 49.4 Å². The summed E-state index contributed by atoms with van der Waals surface area (Å²) in [5.74, 6) is 0.379. The molecule has 0 aliphatic heterocycles. The highest BCUT2D eigenvalue weighted by molar-refractivity contribution is 7.74. The standard InChI is InChI=1S/C25H44O3S/c1-2-3-4-5-6-7-8-9-10-11-12-13-14-15-16-17-18-19-24-20-22-25(23-21-24)28-29(26)27/h20-23H,2-19H2,1H3,(H,26,27)/p-1. The Kier molecular flexibility index (Phi) is 17.2. The lowest BCUT2D eigenvalue weighted by molar-refractivity contribution is 0.440. The van der Waals surface area contributed by atoms with Crippen molar-refractivity contribution in [2.45, 2.75) is 122 Å². The van der Waals surface area contributed by atoms with Gasteiger partial charge in [0, 0.05) is 0 Å². The molecule has 0 aromatic heterocycles. The molecule has 1 rings (SSSR count). The molecule has 29 heavy (non-hydrogen) atoms. The molecule has 1 unspecified atom stereocenters. The molecule has 0 radical (unpaired) electrons. The van der Waals surface area contributed by atoms with Crippen molar-refractivity contribution in [1.82, 2.24) is 0 Å². The molecule has 1 atom stereocenters. The van der Waals surface area contributed by atoms with Gasteiger partial charge in [0.2, 0.25) is 0 Å². The van der Waals surface area contributed by atoms with Crippen LogP contribution in [0.15, 0.2) is 24.3 Å². The molecule has 0 bridgehead atoms. The van der Waals surface area contributed by atoms with Crippen LogP contribution in [-0.4, -0.2) is 8.76 Å². The quantitative estimate of drug-likeness (QED) is 0.157. The van der Waals surface area contributed by atoms with Crippen molar-refractivity contribution in [2.75, 3.05) is 0 Å². The fourth-order valence-electron chi connectivity index (χ4n) is 3.84. The van der Waals surface area contributed by atoms with Crippen LogP contribution in [0.5, 0.6) is 5.75 Å². The molecule has 4 heteroatoms. The second kappa shape index (κ2) is 19.1. The van der Waals surface area contributed by atoms with Crippen LogP contribution in [0.4, 0.5) is 0 Å². The molecule has 0 saturated heterocycles. The Morgan fingerprint density at radius 2 is 1.03 bits per heavy atom. The number of unbranched alkanes of at least 4 members (excludes halogenated alkanes) is 16. The van der Waals surface area contributed by atoms with E-state index < -0.39 is 11.4 Å². The minimum atomic E-state index is -2.49. The van der Waals surface area contributed by atoms with Crippen molar-refractivity contribution in [1.29, 1.82) is 0 Å². The van der Waals surface area contributed by atoms with E-state index in [1.165, 1.54) is 115 Å². The van der Waals surface area contributed by atoms with Crippen LogP contribution in [0.2, 0.25) is 0 Å². The Morgan fingerprint density at radius 3 is 1.41 bits per heavy atom. The SMILES string of the molecule is CCCCCCCCCCCCCCCCCCCc1ccc(OS(=O)[O-])cc1. The van der Waals surface area contributed by atoms with E-state index >= 15 is 0 Å². The fraction of sp³-hybridized carbons (Fsp3) is 0.760. The summed E-state index contributed by atoms with van der Waals surface area (Å²) < 4.78 is 25.6. The van der Waals surface area contributed by atoms with Crippen LogP contribution in [0.1, 0.15) is 122 Å². The van der Waals surface area contributed by atoms with Gasteiger partial charge in [-0.3, -0.25) is 0 Å². The van der Waals surface area contributed by atoms with Crippen LogP contribution in [-0.2, 0) is 17.8 Å². The Labute approximate surface area is 182 Å². The number of hydrogen-bond donors (Lipinski definition) is 0. The Hall–Kier alpha value is -0.870. The van der Waals surface area contributed by atoms with Crippen molar-refractivity contribution < 1.29 is 12.9 Å². The zero-order valence-electron chi connectivity index (χ0n) is 18.7. The van der Waals surface area contributed by atoms with Gasteiger partial charge in [-0.25, -0.2) is 4.21 Å². The molecule has 1 aromatic carbocycles. The fourth-order valence-corrected chi connectivity index (χ4v) is 4.11. The van der Waals surface area contributed by atoms with Gasteiger partial charge in [0.25, 0.3) is 0 Å². The average molecular weight is 424 g/mol. The van der Waals surface area contributed by atoms with Crippen LogP contribution >= 0.6 is 0 Å². The smallest absolute Gasteiger partial charge is 0.139 e. The molecule has 0 N–H and O–H groups in total. The van der Waals surface area contributed by atoms with Crippen LogP contribution < -0.4 is 4.18 Å². The van der Waals surface area contributed by atoms with E-state index in [0.29, 0.717) is 5.75 Å². The molecule has 1 aromatic rings. The van der Waals surface area contributed by atoms with Gasteiger partial charge in [-0.1, -0.05) is 122 Å². The maximum Gasteiger partial charge on any atom is 0.139 e. The summed E-state index contributed by atoms with van der Waals surface area (Å²) >= 11 is -2.49. The zero-order valence-corrected chi connectivity index (χ0v) is 19.5. The van der Waals surface area contributed by atoms with Gasteiger partial charge in [0.05, 0.1) is 0 Å². The number of aryl methyl sites for hydroxylation is 1. The van der Waals surface area contributed by atoms with Gasteiger partial charge >= 0.3 is 0 Å². The Morgan fingerprint density at radius 1 is 0.655 bits per heavy atom. The van der Waals surface area contributed by atoms with Crippen molar-refractivity contribution in [3.05, 3.63) is 29.8 Å². The van der Waals surface area contributed by atoms with Gasteiger partial charge in [-0.05, 0) is 30.5 Å². The minimum Gasteiger partial charge on any atom is -0.740 e. The maximum atomic E-state index is 10.5. The zero-order chi connectivity index (χ0) is 21.0. The van der Waals surface area contributed by atoms with E-state index in [1.54, 1.807) is 12.1 Å². The first kappa shape index (κ1) is 26.2. The van der Waals surface area contributed by atoms with E-state index in [0.717, 1.165) is 6.42 Å². The minimum absolute atomic E-state index is 0.379. The average Bonchev–Trinajstić information content (AvgIpc) is 2.71. The summed E-state index contributed by atoms with van der Waals surface area (Å²) in [6, 6.07) is 7.35. The van der Waals surface area contributed by atoms with Crippen molar-refractivity contribution in [2.24, 2.45) is 0 Å². The molecule has 0 aliphatic rings. The van der Waals surface area contributed by atoms with Crippen LogP contribution in [0.3, 0.4) is 0 Å². The lowest BCUT2D eigenvalue weighted by atomic mass is 10.0. The molecule has 0 fully saturated rings. The van der Waals surface area contributed by atoms with Gasteiger partial charge in [-0.15, -0.1) is 0 Å². The van der Waals surface area contributed by atoms with Gasteiger partial charge < -0.3 is 8.74 Å². The highest BCUT2D eigenvalue weighted by Crippen LogP contribution is 2.17. The molecule has 0 heterocycles. The monoisotopic (exact) mass is 423 g/mol. The van der Waals surface area contributed by atoms with Crippen molar-refractivity contribution in [3.63, 3.8) is 0 Å². The number of hydrogen-bond acceptors (Lipinski definition) is 3. The first-order valence-corrected chi connectivity index (χ1v) is 13.1. The molecular weight excluding hydrogens is 380 g/mol. The predicted octanol–water partition coefficient (Wildman–Crippen LogP) is 8.05. The van der Waals surface area contributed by atoms with E-state index in [4.69, 9.17) is 0 Å². The summed E-state index contributed by atoms with van der Waals surface area (Å²) in [6.07, 6.45) is 24.7. The van der Waals surface area contributed by atoms with Crippen LogP contribution in [0.25, 0.3) is 0 Å². The van der Waals surface area contributed by atoms with Gasteiger partial charge in [0.1, 0.15) is 17.1 Å². The predicted molar refractivity (Wildman–Crippen MR) is 124 cm³/mol. The molecule has 0 saturated carbocycles. The summed E-state index contributed by atoms with van der Waals surface area (Å²) in [4.78, 5) is 0. The largest absolute Gasteiger partial charge is 0.740 e. The lowest BCUT2D eigenvalue weighted by Crippen LogP contribution is -1.97. The Balaban J connectivity index is 1.80. The summed E-state index contributed by atoms with van der Waals surface area (Å²) in [6.45, 7) is 2.28. The van der Waals surface area contributed by atoms with E-state index in [2.05, 4.69) is 11.1 Å². The second-order valence-electron chi connectivity index (χ2n) is 8.34. The first-order valence-electron chi connectivity index (χ1n) is 12.1. The van der Waals surface area contributed by atoms with Gasteiger partial charge in [-0.2, -0.15) is 0 Å². The molecule has 0 amide bonds. The third-order valence-electron chi connectivity index (χ3n) is 5.66. The molecule has 0 aliphatic carbocycles. The third kappa shape index (κ3) is 16.6. The molecule has 0 spiro atoms. The molecule has 168 valence electrons. The normalized spacial score (nSPS) is 12.2. The lowest BCUT2D eigenvalue weighted by Gasteiger charge is -2.08. The molecular formula is C25H43O3S-. The highest BCUT2D eigenvalue weighted by atomic mass is 32.2. The number of benzene rings is 1. The third-order valence-corrected chi connectivity index (χ3v) is 5.99. The van der Waals surface area contributed by atoms with E-state index in [-0.39, 0.29) is 0 Å². The van der Waals surface area contributed by atoms with Crippen LogP contribution in [0, 0.1) is 0 Å². The second-order valence-corrected chi connectivity index (χ2v) is 8.91. The summed E-state index contributed by atoms with van der Waals surface area (Å²) in [5.41, 5.74) is 1.25. The highest BCUT2D eigenvalue weighted by Gasteiger charge is 1.98. The first-order chi connectivity index (χ1) is 14.2. The van der Waals surface area contributed by atoms with Crippen molar-refractivity contribution >= 4 is 11.4 Å².